The van der Waals surface area contributed by atoms with E-state index >= 15 is 0 Å². The maximum atomic E-state index is 3.56. The lowest BCUT2D eigenvalue weighted by atomic mass is 10.0. The van der Waals surface area contributed by atoms with Gasteiger partial charge in [-0.2, -0.15) is 0 Å². The second-order valence-electron chi connectivity index (χ2n) is 4.17. The summed E-state index contributed by atoms with van der Waals surface area (Å²) in [5.41, 5.74) is 0. The van der Waals surface area contributed by atoms with Crippen LogP contribution in [0.25, 0.3) is 0 Å². The van der Waals surface area contributed by atoms with E-state index in [4.69, 9.17) is 0 Å². The van der Waals surface area contributed by atoms with Crippen LogP contribution >= 0.6 is 0 Å². The van der Waals surface area contributed by atoms with Crippen molar-refractivity contribution >= 4 is 0 Å². The van der Waals surface area contributed by atoms with Crippen LogP contribution in [0.15, 0.2) is 0 Å². The zero-order valence-corrected chi connectivity index (χ0v) is 7.47. The van der Waals surface area contributed by atoms with Crippen molar-refractivity contribution < 1.29 is 0 Å². The van der Waals surface area contributed by atoms with E-state index in [1.54, 1.807) is 0 Å². The van der Waals surface area contributed by atoms with Crippen molar-refractivity contribution in [3.63, 3.8) is 0 Å². The van der Waals surface area contributed by atoms with Crippen LogP contribution in [0.5, 0.6) is 0 Å². The molecule has 2 aliphatic carbocycles. The molecule has 11 heavy (non-hydrogen) atoms. The fourth-order valence-corrected chi connectivity index (χ4v) is 2.49. The SMILES string of the molecule is CCNC1CCC(C2CC2)C1. The molecule has 0 aromatic carbocycles. The third-order valence-corrected chi connectivity index (χ3v) is 3.25. The average molecular weight is 153 g/mol. The average Bonchev–Trinajstić information content (AvgIpc) is 2.75. The van der Waals surface area contributed by atoms with Gasteiger partial charge in [0.25, 0.3) is 0 Å². The lowest BCUT2D eigenvalue weighted by Gasteiger charge is -2.10. The summed E-state index contributed by atoms with van der Waals surface area (Å²) in [6.45, 7) is 3.37. The first-order valence-corrected chi connectivity index (χ1v) is 5.13. The van der Waals surface area contributed by atoms with Crippen LogP contribution in [0.4, 0.5) is 0 Å². The highest BCUT2D eigenvalue weighted by Crippen LogP contribution is 2.44. The van der Waals surface area contributed by atoms with Gasteiger partial charge in [0.2, 0.25) is 0 Å². The standard InChI is InChI=1S/C10H19N/c1-2-11-10-6-5-9(7-10)8-3-4-8/h8-11H,2-7H2,1H3. The summed E-state index contributed by atoms with van der Waals surface area (Å²) in [4.78, 5) is 0. The number of nitrogens with one attached hydrogen (secondary N) is 1. The first kappa shape index (κ1) is 7.60. The Labute approximate surface area is 69.6 Å². The smallest absolute Gasteiger partial charge is 0.00697 e. The minimum Gasteiger partial charge on any atom is -0.314 e. The van der Waals surface area contributed by atoms with Gasteiger partial charge in [-0.05, 0) is 50.5 Å². The van der Waals surface area contributed by atoms with Crippen LogP contribution in [0.1, 0.15) is 39.0 Å². The summed E-state index contributed by atoms with van der Waals surface area (Å²) >= 11 is 0. The number of rotatable bonds is 3. The highest BCUT2D eigenvalue weighted by Gasteiger charge is 2.36. The van der Waals surface area contributed by atoms with Crippen molar-refractivity contribution in [1.82, 2.24) is 5.32 Å². The largest absolute Gasteiger partial charge is 0.314 e. The molecule has 2 rings (SSSR count). The van der Waals surface area contributed by atoms with Crippen molar-refractivity contribution in [1.29, 1.82) is 0 Å². The Morgan fingerprint density at radius 1 is 1.09 bits per heavy atom. The fraction of sp³-hybridized carbons (Fsp3) is 1.00. The topological polar surface area (TPSA) is 12.0 Å². The van der Waals surface area contributed by atoms with E-state index in [-0.39, 0.29) is 0 Å². The van der Waals surface area contributed by atoms with Crippen LogP contribution < -0.4 is 5.32 Å². The van der Waals surface area contributed by atoms with Crippen LogP contribution in [0, 0.1) is 11.8 Å². The molecule has 0 saturated heterocycles. The maximum Gasteiger partial charge on any atom is 0.00697 e. The lowest BCUT2D eigenvalue weighted by Crippen LogP contribution is -2.25. The molecule has 0 aromatic rings. The lowest BCUT2D eigenvalue weighted by molar-refractivity contribution is 0.452. The van der Waals surface area contributed by atoms with Gasteiger partial charge in [-0.1, -0.05) is 6.92 Å². The van der Waals surface area contributed by atoms with E-state index < -0.39 is 0 Å². The van der Waals surface area contributed by atoms with Gasteiger partial charge in [-0.3, -0.25) is 0 Å². The molecule has 0 radical (unpaired) electrons. The van der Waals surface area contributed by atoms with Gasteiger partial charge in [0, 0.05) is 6.04 Å². The fourth-order valence-electron chi connectivity index (χ4n) is 2.49. The molecule has 0 aromatic heterocycles. The molecule has 2 fully saturated rings. The van der Waals surface area contributed by atoms with E-state index in [0.717, 1.165) is 24.4 Å². The highest BCUT2D eigenvalue weighted by atomic mass is 14.9. The summed E-state index contributed by atoms with van der Waals surface area (Å²) in [6, 6.07) is 0.866. The first-order valence-electron chi connectivity index (χ1n) is 5.13. The molecule has 0 spiro atoms. The molecule has 2 unspecified atom stereocenters. The Balaban J connectivity index is 1.74. The van der Waals surface area contributed by atoms with Gasteiger partial charge in [0.15, 0.2) is 0 Å². The summed E-state index contributed by atoms with van der Waals surface area (Å²) in [5.74, 6) is 2.23. The molecule has 64 valence electrons. The quantitative estimate of drug-likeness (QED) is 0.655. The Kier molecular flexibility index (Phi) is 2.17. The summed E-state index contributed by atoms with van der Waals surface area (Å²) < 4.78 is 0. The summed E-state index contributed by atoms with van der Waals surface area (Å²) in [6.07, 6.45) is 7.48. The minimum atomic E-state index is 0.866. The molecule has 1 nitrogen and oxygen atoms in total. The highest BCUT2D eigenvalue weighted by molar-refractivity contribution is 4.89. The molecule has 2 saturated carbocycles. The molecule has 0 heterocycles. The van der Waals surface area contributed by atoms with Gasteiger partial charge >= 0.3 is 0 Å². The zero-order valence-electron chi connectivity index (χ0n) is 7.47. The van der Waals surface area contributed by atoms with Crippen molar-refractivity contribution in [3.8, 4) is 0 Å². The molecule has 1 heteroatoms. The van der Waals surface area contributed by atoms with Crippen molar-refractivity contribution in [2.45, 2.75) is 45.1 Å². The monoisotopic (exact) mass is 153 g/mol. The van der Waals surface area contributed by atoms with Gasteiger partial charge in [0.1, 0.15) is 0 Å². The Bertz CT molecular complexity index is 129. The third kappa shape index (κ3) is 1.76. The maximum absolute atomic E-state index is 3.56. The van der Waals surface area contributed by atoms with Gasteiger partial charge in [-0.25, -0.2) is 0 Å². The van der Waals surface area contributed by atoms with Crippen molar-refractivity contribution in [2.75, 3.05) is 6.54 Å². The van der Waals surface area contributed by atoms with E-state index in [9.17, 15) is 0 Å². The van der Waals surface area contributed by atoms with Crippen LogP contribution in [-0.2, 0) is 0 Å². The Hall–Kier alpha value is -0.0400. The minimum absolute atomic E-state index is 0.866. The Morgan fingerprint density at radius 3 is 2.45 bits per heavy atom. The van der Waals surface area contributed by atoms with E-state index in [1.807, 2.05) is 0 Å². The molecule has 1 N–H and O–H groups in total. The van der Waals surface area contributed by atoms with Gasteiger partial charge in [-0.15, -0.1) is 0 Å². The first-order chi connectivity index (χ1) is 5.40. The molecule has 0 bridgehead atoms. The summed E-state index contributed by atoms with van der Waals surface area (Å²) in [5, 5.41) is 3.56. The second-order valence-corrected chi connectivity index (χ2v) is 4.17. The Morgan fingerprint density at radius 2 is 1.82 bits per heavy atom. The normalized spacial score (nSPS) is 37.9. The van der Waals surface area contributed by atoms with E-state index in [2.05, 4.69) is 12.2 Å². The van der Waals surface area contributed by atoms with Crippen LogP contribution in [-0.4, -0.2) is 12.6 Å². The molecular weight excluding hydrogens is 134 g/mol. The van der Waals surface area contributed by atoms with Gasteiger partial charge < -0.3 is 5.32 Å². The third-order valence-electron chi connectivity index (χ3n) is 3.25. The van der Waals surface area contributed by atoms with E-state index in [1.165, 1.54) is 32.1 Å². The predicted octanol–water partition coefficient (Wildman–Crippen LogP) is 2.17. The van der Waals surface area contributed by atoms with E-state index in [0.29, 0.717) is 0 Å². The molecule has 2 aliphatic rings. The number of hydrogen-bond donors (Lipinski definition) is 1. The molecule has 0 aliphatic heterocycles. The summed E-state index contributed by atoms with van der Waals surface area (Å²) in [7, 11) is 0. The molecule has 0 amide bonds. The molecular formula is C10H19N. The zero-order chi connectivity index (χ0) is 7.68. The second kappa shape index (κ2) is 3.14. The number of hydrogen-bond acceptors (Lipinski definition) is 1. The van der Waals surface area contributed by atoms with Crippen LogP contribution in [0.2, 0.25) is 0 Å². The van der Waals surface area contributed by atoms with Crippen LogP contribution in [0.3, 0.4) is 0 Å². The van der Waals surface area contributed by atoms with Crippen molar-refractivity contribution in [3.05, 3.63) is 0 Å². The predicted molar refractivity (Wildman–Crippen MR) is 47.5 cm³/mol. The van der Waals surface area contributed by atoms with Crippen molar-refractivity contribution in [2.24, 2.45) is 11.8 Å². The van der Waals surface area contributed by atoms with Gasteiger partial charge in [0.05, 0.1) is 0 Å². The molecule has 2 atom stereocenters.